The van der Waals surface area contributed by atoms with Gasteiger partial charge in [-0.2, -0.15) is 0 Å². The molecule has 0 aromatic carbocycles. The summed E-state index contributed by atoms with van der Waals surface area (Å²) in [4.78, 5) is 23.4. The fraction of sp³-hybridized carbons (Fsp3) is 0.500. The first-order valence-corrected chi connectivity index (χ1v) is 7.45. The predicted octanol–water partition coefficient (Wildman–Crippen LogP) is 1.20. The molecule has 9 heteroatoms. The summed E-state index contributed by atoms with van der Waals surface area (Å²) in [6.07, 6.45) is -0.543. The zero-order chi connectivity index (χ0) is 10.8. The molecule has 2 heterocycles. The smallest absolute Gasteiger partial charge is 0.219 e. The number of nitrogens with zero attached hydrogens (tertiary/aromatic N) is 1. The highest BCUT2D eigenvalue weighted by molar-refractivity contribution is 7.70. The van der Waals surface area contributed by atoms with Gasteiger partial charge in [-0.1, -0.05) is 11.2 Å². The summed E-state index contributed by atoms with van der Waals surface area (Å²) in [6, 6.07) is 0. The first kappa shape index (κ1) is 12.0. The molecule has 0 radical (unpaired) electrons. The Kier molecular flexibility index (Phi) is 4.17. The molecule has 2 rings (SSSR count). The lowest BCUT2D eigenvalue weighted by atomic mass is 10.1. The molecule has 2 aliphatic rings. The van der Waals surface area contributed by atoms with E-state index < -0.39 is 14.6 Å². The second kappa shape index (κ2) is 5.22. The molecule has 0 spiro atoms. The van der Waals surface area contributed by atoms with Crippen LogP contribution in [0.2, 0.25) is 0 Å². The van der Waals surface area contributed by atoms with E-state index in [1.165, 1.54) is 0 Å². The highest BCUT2D eigenvalue weighted by atomic mass is 31.2. The lowest BCUT2D eigenvalue weighted by molar-refractivity contribution is -0.151. The average Bonchev–Trinajstić information content (AvgIpc) is 2.27. The molecule has 2 N–H and O–H groups in total. The Morgan fingerprint density at radius 1 is 1.73 bits per heavy atom. The van der Waals surface area contributed by atoms with Crippen LogP contribution in [0.4, 0.5) is 0 Å². The van der Waals surface area contributed by atoms with Crippen molar-refractivity contribution in [3.05, 3.63) is 12.2 Å². The zero-order valence-electron chi connectivity index (χ0n) is 8.11. The minimum absolute atomic E-state index is 0.0949. The van der Waals surface area contributed by atoms with Crippen LogP contribution in [-0.4, -0.2) is 23.1 Å². The number of hydrogen-bond donors (Lipinski definition) is 2. The highest BCUT2D eigenvalue weighted by Gasteiger charge is 2.36. The molecule has 15 heavy (non-hydrogen) atoms. The molecule has 0 bridgehead atoms. The predicted molar refractivity (Wildman–Crippen MR) is 62.3 cm³/mol. The summed E-state index contributed by atoms with van der Waals surface area (Å²) in [5.74, 6) is -0.0949. The summed E-state index contributed by atoms with van der Waals surface area (Å²) in [7, 11) is -0.0534. The van der Waals surface area contributed by atoms with E-state index in [0.717, 1.165) is 0 Å². The Labute approximate surface area is 92.8 Å². The van der Waals surface area contributed by atoms with Crippen LogP contribution in [0.25, 0.3) is 0 Å². The van der Waals surface area contributed by atoms with Gasteiger partial charge in [0.05, 0.1) is 15.5 Å². The van der Waals surface area contributed by atoms with Gasteiger partial charge in [0, 0.05) is 8.88 Å². The van der Waals surface area contributed by atoms with Crippen molar-refractivity contribution in [2.45, 2.75) is 13.0 Å². The Morgan fingerprint density at radius 3 is 3.27 bits per heavy atom. The van der Waals surface area contributed by atoms with Gasteiger partial charge in [0.15, 0.2) is 11.9 Å². The number of nitrogens with one attached hydrogen (secondary N) is 2. The molecule has 2 fully saturated rings. The molecule has 84 valence electrons. The first-order chi connectivity index (χ1) is 7.18. The van der Waals surface area contributed by atoms with Gasteiger partial charge >= 0.3 is 0 Å². The fourth-order valence-electron chi connectivity index (χ4n) is 1.08. The summed E-state index contributed by atoms with van der Waals surface area (Å²) in [5.41, 5.74) is 0.498. The van der Waals surface area contributed by atoms with E-state index in [2.05, 4.69) is 16.3 Å². The molecule has 0 saturated carbocycles. The molecule has 0 amide bonds. The van der Waals surface area contributed by atoms with Crippen molar-refractivity contribution < 1.29 is 14.2 Å². The van der Waals surface area contributed by atoms with Crippen molar-refractivity contribution >= 4 is 32.0 Å². The Bertz CT molecular complexity index is 290. The topological polar surface area (TPSA) is 62.8 Å². The number of rotatable bonds is 2. The Morgan fingerprint density at radius 2 is 2.53 bits per heavy atom. The normalized spacial score (nSPS) is 35.3. The van der Waals surface area contributed by atoms with Crippen LogP contribution in [-0.2, 0) is 14.2 Å². The third-order valence-electron chi connectivity index (χ3n) is 1.82. The number of Topliss-reactive ketones (excluding diaryl/α,β-unsaturated/α-hetero) is 1. The van der Waals surface area contributed by atoms with Gasteiger partial charge in [-0.25, -0.2) is 4.86 Å². The van der Waals surface area contributed by atoms with Crippen molar-refractivity contribution in [1.29, 1.82) is 0 Å². The van der Waals surface area contributed by atoms with E-state index in [-0.39, 0.29) is 5.78 Å². The number of fused-ring (bicyclic) bond motifs is 1. The number of carbonyl (C=O) groups is 1. The van der Waals surface area contributed by atoms with E-state index in [4.69, 9.17) is 9.36 Å². The third-order valence-corrected chi connectivity index (χ3v) is 5.94. The standard InChI is InChI=1S/C6H12N3O3P3/c1-4(2)6(10)5-3-11-15-8-13-7-14-9(15)12-5/h5,7-8,13-14H,1,3H2,2H3. The molecule has 2 saturated heterocycles. The van der Waals surface area contributed by atoms with Crippen molar-refractivity contribution in [2.75, 3.05) is 6.61 Å². The van der Waals surface area contributed by atoms with Crippen LogP contribution in [0.1, 0.15) is 6.92 Å². The second-order valence-corrected chi connectivity index (χ2v) is 7.37. The SMILES string of the molecule is C=C(C)C(=O)C1COP2NPNPN2O1. The summed E-state index contributed by atoms with van der Waals surface area (Å²) >= 11 is 0. The maximum absolute atomic E-state index is 11.6. The van der Waals surface area contributed by atoms with E-state index in [1.54, 1.807) is 11.5 Å². The van der Waals surface area contributed by atoms with Crippen LogP contribution >= 0.6 is 26.2 Å². The second-order valence-electron chi connectivity index (χ2n) is 3.05. The summed E-state index contributed by atoms with van der Waals surface area (Å²) < 4.78 is 7.21. The van der Waals surface area contributed by atoms with Crippen molar-refractivity contribution in [3.8, 4) is 0 Å². The fourth-order valence-corrected chi connectivity index (χ4v) is 5.62. The van der Waals surface area contributed by atoms with Gasteiger partial charge in [0.1, 0.15) is 0 Å². The van der Waals surface area contributed by atoms with Crippen molar-refractivity contribution in [2.24, 2.45) is 0 Å². The number of carbonyl (C=O) groups excluding carboxylic acids is 1. The highest BCUT2D eigenvalue weighted by Crippen LogP contribution is 2.53. The van der Waals surface area contributed by atoms with E-state index in [9.17, 15) is 4.79 Å². The van der Waals surface area contributed by atoms with Crippen LogP contribution in [0, 0.1) is 0 Å². The number of ketones is 1. The molecule has 6 nitrogen and oxygen atoms in total. The summed E-state index contributed by atoms with van der Waals surface area (Å²) in [5, 5.41) is 0. The average molecular weight is 267 g/mol. The van der Waals surface area contributed by atoms with Crippen LogP contribution in [0.15, 0.2) is 12.2 Å². The molecular formula is C6H12N3O3P3. The summed E-state index contributed by atoms with van der Waals surface area (Å²) in [6.45, 7) is 5.59. The Hall–Kier alpha value is 0.500. The first-order valence-electron chi connectivity index (χ1n) is 4.29. The van der Waals surface area contributed by atoms with Gasteiger partial charge < -0.3 is 4.52 Å². The van der Waals surface area contributed by atoms with Gasteiger partial charge in [0.25, 0.3) is 0 Å². The molecule has 2 aliphatic heterocycles. The van der Waals surface area contributed by atoms with Gasteiger partial charge in [-0.15, -0.1) is 0 Å². The Balaban J connectivity index is 1.96. The molecule has 0 aliphatic carbocycles. The van der Waals surface area contributed by atoms with Crippen LogP contribution in [0.3, 0.4) is 0 Å². The van der Waals surface area contributed by atoms with Crippen LogP contribution in [0.5, 0.6) is 0 Å². The van der Waals surface area contributed by atoms with E-state index in [1.807, 2.05) is 0 Å². The third kappa shape index (κ3) is 2.79. The lowest BCUT2D eigenvalue weighted by Gasteiger charge is -2.39. The van der Waals surface area contributed by atoms with Gasteiger partial charge in [-0.05, 0) is 12.5 Å². The molecule has 4 atom stereocenters. The van der Waals surface area contributed by atoms with Crippen molar-refractivity contribution in [3.63, 3.8) is 0 Å². The quantitative estimate of drug-likeness (QED) is 0.579. The molecule has 0 aromatic rings. The maximum Gasteiger partial charge on any atom is 0.219 e. The largest absolute Gasteiger partial charge is 0.326 e. The number of hydrogen-bond acceptors (Lipinski definition) is 6. The molecule has 0 aromatic heterocycles. The van der Waals surface area contributed by atoms with Crippen LogP contribution < -0.4 is 9.72 Å². The maximum atomic E-state index is 11.6. The monoisotopic (exact) mass is 267 g/mol. The van der Waals surface area contributed by atoms with E-state index in [0.29, 0.717) is 29.9 Å². The van der Waals surface area contributed by atoms with E-state index >= 15 is 0 Å². The minimum atomic E-state index is -0.876. The minimum Gasteiger partial charge on any atom is -0.326 e. The van der Waals surface area contributed by atoms with Crippen molar-refractivity contribution in [1.82, 2.24) is 14.3 Å². The molecular weight excluding hydrogens is 255 g/mol. The zero-order valence-corrected chi connectivity index (χ0v) is 11.0. The lowest BCUT2D eigenvalue weighted by Crippen LogP contribution is -2.40. The van der Waals surface area contributed by atoms with Gasteiger partial charge in [-0.3, -0.25) is 14.5 Å². The van der Waals surface area contributed by atoms with Gasteiger partial charge in [0.2, 0.25) is 8.45 Å². The molecule has 4 unspecified atom stereocenters.